The predicted octanol–water partition coefficient (Wildman–Crippen LogP) is 28.6. The van der Waals surface area contributed by atoms with Gasteiger partial charge in [0, 0.05) is 61.5 Å². The fourth-order valence-corrected chi connectivity index (χ4v) is 10.3. The van der Waals surface area contributed by atoms with Crippen molar-refractivity contribution in [3.05, 3.63) is 12.2 Å². The van der Waals surface area contributed by atoms with E-state index in [1.54, 1.807) is 0 Å². The van der Waals surface area contributed by atoms with Crippen LogP contribution in [0.3, 0.4) is 0 Å². The van der Waals surface area contributed by atoms with E-state index in [9.17, 15) is 0 Å². The van der Waals surface area contributed by atoms with Crippen molar-refractivity contribution in [2.45, 2.75) is 448 Å². The molecular formula is C106H232N8O4. The first-order chi connectivity index (χ1) is 53.1. The van der Waals surface area contributed by atoms with Crippen LogP contribution in [-0.2, 0) is 18.9 Å². The molecule has 11 fully saturated rings. The Bertz CT molecular complexity index is 1870. The fourth-order valence-electron chi connectivity index (χ4n) is 10.3. The first-order valence-electron chi connectivity index (χ1n) is 48.8. The quantitative estimate of drug-likeness (QED) is 0.217. The minimum atomic E-state index is 0.323. The first-order valence-corrected chi connectivity index (χ1v) is 48.8. The second kappa shape index (κ2) is 70.3. The molecule has 118 heavy (non-hydrogen) atoms. The largest absolute Gasteiger partial charge is 0.381 e. The van der Waals surface area contributed by atoms with Gasteiger partial charge in [-0.2, -0.15) is 0 Å². The van der Waals surface area contributed by atoms with Crippen LogP contribution in [0, 0.1) is 49.2 Å². The molecule has 12 aliphatic rings. The highest BCUT2D eigenvalue weighted by Gasteiger charge is 2.33. The van der Waals surface area contributed by atoms with E-state index in [0.29, 0.717) is 65.5 Å². The van der Waals surface area contributed by atoms with E-state index in [0.717, 1.165) is 85.0 Å². The maximum absolute atomic E-state index is 5.25. The molecule has 10 aliphatic heterocycles. The average molecular weight is 1680 g/mol. The predicted molar refractivity (Wildman–Crippen MR) is 539 cm³/mol. The van der Waals surface area contributed by atoms with E-state index in [1.165, 1.54) is 207 Å². The van der Waals surface area contributed by atoms with Gasteiger partial charge < -0.3 is 38.5 Å². The summed E-state index contributed by atoms with van der Waals surface area (Å²) in [6.07, 6.45) is 32.5. The third kappa shape index (κ3) is 138. The Morgan fingerprint density at radius 3 is 0.449 bits per heavy atom. The van der Waals surface area contributed by atoms with Gasteiger partial charge in [0.05, 0.1) is 39.6 Å². The number of ether oxygens (including phenoxy) is 4. The van der Waals surface area contributed by atoms with E-state index in [1.807, 2.05) is 12.2 Å². The Morgan fingerprint density at radius 2 is 0.356 bits per heavy atom. The van der Waals surface area contributed by atoms with E-state index < -0.39 is 0 Å². The summed E-state index contributed by atoms with van der Waals surface area (Å²) >= 11 is 0. The van der Waals surface area contributed by atoms with E-state index in [-0.39, 0.29) is 0 Å². The molecule has 0 spiro atoms. The third-order valence-corrected chi connectivity index (χ3v) is 17.6. The molecular weight excluding hydrogens is 1450 g/mol. The number of rotatable bonds is 0. The fraction of sp³-hybridized carbons (Fsp3) is 0.981. The number of likely N-dealkylation sites (tertiary alicyclic amines) is 6. The van der Waals surface area contributed by atoms with Crippen LogP contribution in [0.15, 0.2) is 12.2 Å². The van der Waals surface area contributed by atoms with Crippen LogP contribution >= 0.6 is 0 Å². The summed E-state index contributed by atoms with van der Waals surface area (Å²) < 4.78 is 20.1. The van der Waals surface area contributed by atoms with Crippen LogP contribution in [0.1, 0.15) is 426 Å². The van der Waals surface area contributed by atoms with Gasteiger partial charge in [0.15, 0.2) is 0 Å². The monoisotopic (exact) mass is 1680 g/mol. The highest BCUT2D eigenvalue weighted by atomic mass is 16.5. The van der Waals surface area contributed by atoms with Crippen LogP contribution < -0.4 is 0 Å². The van der Waals surface area contributed by atoms with E-state index in [2.05, 4.69) is 365 Å². The normalized spacial score (nSPS) is 20.2. The van der Waals surface area contributed by atoms with Gasteiger partial charge in [-0.3, -0.25) is 19.6 Å². The second-order valence-corrected chi connectivity index (χ2v) is 51.7. The molecule has 9 saturated heterocycles. The summed E-state index contributed by atoms with van der Waals surface area (Å²) in [6, 6.07) is 0. The van der Waals surface area contributed by atoms with Gasteiger partial charge in [-0.05, 0) is 329 Å². The number of hydrogen-bond acceptors (Lipinski definition) is 12. The van der Waals surface area contributed by atoms with Crippen LogP contribution in [-0.4, -0.2) is 247 Å². The third-order valence-electron chi connectivity index (χ3n) is 17.6. The lowest BCUT2D eigenvalue weighted by Crippen LogP contribution is -2.49. The van der Waals surface area contributed by atoms with Crippen molar-refractivity contribution in [1.29, 1.82) is 0 Å². The topological polar surface area (TPSA) is 62.8 Å². The summed E-state index contributed by atoms with van der Waals surface area (Å²) in [7, 11) is 8.62. The summed E-state index contributed by atoms with van der Waals surface area (Å²) in [4.78, 5) is 19.4. The molecule has 0 N–H and O–H groups in total. The van der Waals surface area contributed by atoms with Gasteiger partial charge in [0.1, 0.15) is 0 Å². The summed E-state index contributed by atoms with van der Waals surface area (Å²) in [5.41, 5.74) is 5.68. The van der Waals surface area contributed by atoms with Crippen molar-refractivity contribution >= 4 is 0 Å². The lowest BCUT2D eigenvalue weighted by Gasteiger charge is -2.42. The molecule has 0 atom stereocenters. The van der Waals surface area contributed by atoms with Gasteiger partial charge in [-0.15, -0.1) is 0 Å². The molecule has 0 unspecified atom stereocenters. The zero-order chi connectivity index (χ0) is 93.6. The van der Waals surface area contributed by atoms with Crippen molar-refractivity contribution in [2.75, 3.05) is 186 Å². The Hall–Kier alpha value is -0.740. The molecule has 10 heterocycles. The molecule has 12 nitrogen and oxygen atoms in total. The SMILES string of the molecule is C1=CCOC1.C1CCC1.C1CCOC1.CC(C)(C)C.CC(C)(C)C.CC(C)(C)C.CC(C)(C)C.CC(C)(C)C.CC(C)(C)C.CC(C)(C)C.CC(C)(C)C1CC1.CC(C)(C)N1CCC1.CC(C)(C)N1CCCC1.CC(C)(C)N1CCCCC1.CC(C)(C)N1CCOCC1.CN1CCC1.CN1CCCC1.CN1CCCCC1.CN1CCOCC1. The number of morpholine rings is 2. The zero-order valence-corrected chi connectivity index (χ0v) is 91.1. The summed E-state index contributed by atoms with van der Waals surface area (Å²) in [6.45, 7) is 123. The standard InChI is InChI=1S/C9H19N.C8H17NO.C8H17N.C7H15N.C7H14.C6H13N.C5H11NO.C5H11N.7C5H12.C4H9N.C4H8O.C4H6O.C4H8/c1-9(2,3)10-7-5-4-6-8-10;1-8(2,3)9-4-6-10-7-5-9;1-8(2,3)9-6-4-5-7-9;1-7(2,3)8-5-4-6-8;1-7(2,3)6-4-5-6;1-7-5-3-2-4-6-7;1-6-2-4-7-5-3-6;1-6-4-2-3-5-6;7*1-5(2,3)4;1-5-3-2-4-5;2*1-2-4-5-3-1;1-2-4-3-1/h4-8H2,1-3H3;4-7H2,1-3H3;4-7H2,1-3H3;4-6H2,1-3H3;6H,4-5H2,1-3H3;2-6H2,1H3;2-5H2,1H3;2-5H2,1H3;7*1-4H3;2-4H2,1H3;1-4H2;1-2H,3-4H2;1-4H2. The Morgan fingerprint density at radius 1 is 0.186 bits per heavy atom. The van der Waals surface area contributed by atoms with Gasteiger partial charge in [0.25, 0.3) is 0 Å². The molecule has 2 saturated carbocycles. The number of hydrogen-bond donors (Lipinski definition) is 0. The highest BCUT2D eigenvalue weighted by molar-refractivity contribution is 4.87. The minimum Gasteiger partial charge on any atom is -0.381 e. The smallest absolute Gasteiger partial charge is 0.0652 e. The molecule has 720 valence electrons. The van der Waals surface area contributed by atoms with Gasteiger partial charge in [-0.1, -0.05) is 265 Å². The molecule has 0 bridgehead atoms. The van der Waals surface area contributed by atoms with Crippen LogP contribution in [0.5, 0.6) is 0 Å². The second-order valence-electron chi connectivity index (χ2n) is 51.7. The van der Waals surface area contributed by atoms with Gasteiger partial charge in [0.2, 0.25) is 0 Å². The molecule has 0 aromatic heterocycles. The summed E-state index contributed by atoms with van der Waals surface area (Å²) in [5.74, 6) is 1.05. The number of likely N-dealkylation sites (N-methyl/N-ethyl adjacent to an activating group) is 1. The molecule has 12 heteroatoms. The summed E-state index contributed by atoms with van der Waals surface area (Å²) in [5, 5.41) is 0. The Kier molecular flexibility index (Phi) is 77.6. The maximum atomic E-state index is 5.25. The number of piperidine rings is 2. The lowest BCUT2D eigenvalue weighted by atomic mass is 9.91. The van der Waals surface area contributed by atoms with E-state index in [4.69, 9.17) is 18.9 Å². The first kappa shape index (κ1) is 130. The molecule has 2 aliphatic carbocycles. The number of nitrogens with zero attached hydrogens (tertiary/aromatic N) is 8. The van der Waals surface area contributed by atoms with Crippen molar-refractivity contribution in [1.82, 2.24) is 39.2 Å². The minimum absolute atomic E-state index is 0.323. The zero-order valence-electron chi connectivity index (χ0n) is 91.1. The van der Waals surface area contributed by atoms with Gasteiger partial charge >= 0.3 is 0 Å². The van der Waals surface area contributed by atoms with E-state index >= 15 is 0 Å². The van der Waals surface area contributed by atoms with Crippen LogP contribution in [0.25, 0.3) is 0 Å². The van der Waals surface area contributed by atoms with Crippen molar-refractivity contribution in [3.63, 3.8) is 0 Å². The van der Waals surface area contributed by atoms with Crippen molar-refractivity contribution in [3.8, 4) is 0 Å². The molecule has 0 aromatic carbocycles. The lowest BCUT2D eigenvalue weighted by molar-refractivity contribution is -0.00389. The van der Waals surface area contributed by atoms with Gasteiger partial charge in [-0.25, -0.2) is 0 Å². The Balaban J connectivity index is -0.000000222. The van der Waals surface area contributed by atoms with Crippen LogP contribution in [0.4, 0.5) is 0 Å². The molecule has 12 rings (SSSR count). The highest BCUT2D eigenvalue weighted by Crippen LogP contribution is 2.44. The van der Waals surface area contributed by atoms with Crippen molar-refractivity contribution < 1.29 is 18.9 Å². The maximum Gasteiger partial charge on any atom is 0.0652 e. The van der Waals surface area contributed by atoms with Crippen LogP contribution in [0.2, 0.25) is 0 Å². The molecule has 0 amide bonds. The van der Waals surface area contributed by atoms with Crippen molar-refractivity contribution in [2.24, 2.45) is 49.2 Å². The average Bonchev–Trinajstić information content (AvgIpc) is 1.70. The Labute approximate surface area is 749 Å². The molecule has 0 radical (unpaired) electrons. The molecule has 0 aromatic rings.